The number of hydrogen-bond donors (Lipinski definition) is 0. The highest BCUT2D eigenvalue weighted by Gasteiger charge is 2.27. The summed E-state index contributed by atoms with van der Waals surface area (Å²) in [4.78, 5) is 8.09. The molecule has 0 saturated carbocycles. The molecule has 0 N–H and O–H groups in total. The van der Waals surface area contributed by atoms with Crippen LogP contribution >= 0.6 is 11.3 Å². The molecule has 6 nitrogen and oxygen atoms in total. The molecule has 1 aliphatic heterocycles. The molecule has 0 amide bonds. The molecular formula is C17H20N4O2S. The molecule has 7 heteroatoms. The summed E-state index contributed by atoms with van der Waals surface area (Å²) in [6, 6.07) is 4.02. The van der Waals surface area contributed by atoms with Crippen LogP contribution in [-0.4, -0.2) is 33.3 Å². The third-order valence-electron chi connectivity index (χ3n) is 4.60. The van der Waals surface area contributed by atoms with Gasteiger partial charge in [0.05, 0.1) is 16.5 Å². The van der Waals surface area contributed by atoms with Gasteiger partial charge in [-0.15, -0.1) is 11.3 Å². The van der Waals surface area contributed by atoms with E-state index < -0.39 is 0 Å². The number of aryl methyl sites for hydroxylation is 2. The Labute approximate surface area is 144 Å². The van der Waals surface area contributed by atoms with Crippen LogP contribution in [0.3, 0.4) is 0 Å². The van der Waals surface area contributed by atoms with E-state index in [1.54, 1.807) is 11.3 Å². The predicted molar refractivity (Wildman–Crippen MR) is 90.8 cm³/mol. The second kappa shape index (κ2) is 6.49. The second-order valence-corrected chi connectivity index (χ2v) is 7.26. The van der Waals surface area contributed by atoms with E-state index in [1.165, 1.54) is 5.56 Å². The van der Waals surface area contributed by atoms with Crippen molar-refractivity contribution in [1.82, 2.24) is 20.2 Å². The molecule has 1 saturated heterocycles. The fourth-order valence-corrected chi connectivity index (χ4v) is 3.91. The lowest BCUT2D eigenvalue weighted by atomic mass is 9.97. The van der Waals surface area contributed by atoms with Gasteiger partial charge in [0.25, 0.3) is 0 Å². The molecule has 24 heavy (non-hydrogen) atoms. The number of piperidine rings is 1. The molecule has 3 aromatic rings. The van der Waals surface area contributed by atoms with Crippen molar-refractivity contribution in [1.29, 1.82) is 0 Å². The summed E-state index contributed by atoms with van der Waals surface area (Å²) in [5.74, 6) is 2.65. The average Bonchev–Trinajstić information content (AvgIpc) is 3.32. The number of hydrogen-bond acceptors (Lipinski definition) is 7. The smallest absolute Gasteiger partial charge is 0.231 e. The molecule has 1 aliphatic rings. The molecule has 0 aliphatic carbocycles. The lowest BCUT2D eigenvalue weighted by Crippen LogP contribution is -2.34. The Morgan fingerprint density at radius 3 is 2.96 bits per heavy atom. The average molecular weight is 344 g/mol. The van der Waals surface area contributed by atoms with E-state index in [1.807, 2.05) is 31.4 Å². The number of aromatic nitrogens is 3. The fraction of sp³-hybridized carbons (Fsp3) is 0.471. The zero-order valence-electron chi connectivity index (χ0n) is 13.9. The number of likely N-dealkylation sites (tertiary alicyclic amines) is 1. The van der Waals surface area contributed by atoms with Gasteiger partial charge in [-0.25, -0.2) is 0 Å². The van der Waals surface area contributed by atoms with Crippen molar-refractivity contribution >= 4 is 11.3 Å². The van der Waals surface area contributed by atoms with Gasteiger partial charge < -0.3 is 9.05 Å². The standard InChI is InChI=1S/C17H20N4O2S/c1-11-14(12(2)22-19-11)10-21-7-3-5-13(9-21)17-18-16(20-23-17)15-6-4-8-24-15/h4,6,8,13H,3,5,7,9-10H2,1-2H3. The summed E-state index contributed by atoms with van der Waals surface area (Å²) in [6.45, 7) is 6.84. The van der Waals surface area contributed by atoms with Gasteiger partial charge in [-0.3, -0.25) is 4.90 Å². The minimum absolute atomic E-state index is 0.292. The molecule has 0 radical (unpaired) electrons. The second-order valence-electron chi connectivity index (χ2n) is 6.31. The molecule has 1 unspecified atom stereocenters. The van der Waals surface area contributed by atoms with Crippen LogP contribution in [0.4, 0.5) is 0 Å². The van der Waals surface area contributed by atoms with Crippen LogP contribution in [-0.2, 0) is 6.54 Å². The zero-order chi connectivity index (χ0) is 16.5. The first-order valence-corrected chi connectivity index (χ1v) is 9.10. The van der Waals surface area contributed by atoms with E-state index in [-0.39, 0.29) is 0 Å². The summed E-state index contributed by atoms with van der Waals surface area (Å²) < 4.78 is 10.8. The molecule has 3 aromatic heterocycles. The molecule has 4 heterocycles. The summed E-state index contributed by atoms with van der Waals surface area (Å²) in [5.41, 5.74) is 2.17. The van der Waals surface area contributed by atoms with Crippen LogP contribution < -0.4 is 0 Å². The Kier molecular flexibility index (Phi) is 4.20. The summed E-state index contributed by atoms with van der Waals surface area (Å²) in [5, 5.41) is 10.2. The highest BCUT2D eigenvalue weighted by Crippen LogP contribution is 2.30. The molecule has 0 spiro atoms. The van der Waals surface area contributed by atoms with E-state index in [0.717, 1.165) is 54.7 Å². The summed E-state index contributed by atoms with van der Waals surface area (Å²) >= 11 is 1.63. The third-order valence-corrected chi connectivity index (χ3v) is 5.47. The van der Waals surface area contributed by atoms with Crippen LogP contribution in [0.1, 0.15) is 41.7 Å². The minimum atomic E-state index is 0.292. The topological polar surface area (TPSA) is 68.2 Å². The summed E-state index contributed by atoms with van der Waals surface area (Å²) in [6.07, 6.45) is 2.22. The van der Waals surface area contributed by atoms with Gasteiger partial charge in [-0.05, 0) is 44.7 Å². The first kappa shape index (κ1) is 15.5. The number of rotatable bonds is 4. The van der Waals surface area contributed by atoms with Gasteiger partial charge in [0, 0.05) is 18.7 Å². The van der Waals surface area contributed by atoms with Crippen molar-refractivity contribution in [3.05, 3.63) is 40.4 Å². The fourth-order valence-electron chi connectivity index (χ4n) is 3.26. The van der Waals surface area contributed by atoms with E-state index in [4.69, 9.17) is 9.05 Å². The maximum Gasteiger partial charge on any atom is 0.231 e. The van der Waals surface area contributed by atoms with Gasteiger partial charge in [0.2, 0.25) is 11.7 Å². The predicted octanol–water partition coefficient (Wildman–Crippen LogP) is 3.78. The van der Waals surface area contributed by atoms with Crippen molar-refractivity contribution in [2.45, 2.75) is 39.2 Å². The van der Waals surface area contributed by atoms with Gasteiger partial charge in [0.15, 0.2) is 0 Å². The summed E-state index contributed by atoms with van der Waals surface area (Å²) in [7, 11) is 0. The Morgan fingerprint density at radius 2 is 2.21 bits per heavy atom. The highest BCUT2D eigenvalue weighted by molar-refractivity contribution is 7.13. The van der Waals surface area contributed by atoms with Crippen molar-refractivity contribution in [2.24, 2.45) is 0 Å². The zero-order valence-corrected chi connectivity index (χ0v) is 14.7. The SMILES string of the molecule is Cc1noc(C)c1CN1CCCC(c2nc(-c3cccs3)no2)C1. The molecule has 126 valence electrons. The quantitative estimate of drug-likeness (QED) is 0.717. The van der Waals surface area contributed by atoms with Gasteiger partial charge >= 0.3 is 0 Å². The van der Waals surface area contributed by atoms with Crippen LogP contribution in [0, 0.1) is 13.8 Å². The first-order valence-electron chi connectivity index (χ1n) is 8.22. The van der Waals surface area contributed by atoms with Crippen LogP contribution in [0.15, 0.2) is 26.6 Å². The van der Waals surface area contributed by atoms with E-state index in [2.05, 4.69) is 20.2 Å². The van der Waals surface area contributed by atoms with Gasteiger partial charge in [-0.1, -0.05) is 16.4 Å². The molecular weight excluding hydrogens is 324 g/mol. The Bertz CT molecular complexity index is 789. The lowest BCUT2D eigenvalue weighted by molar-refractivity contribution is 0.179. The van der Waals surface area contributed by atoms with Crippen molar-refractivity contribution in [2.75, 3.05) is 13.1 Å². The van der Waals surface area contributed by atoms with Gasteiger partial charge in [-0.2, -0.15) is 4.98 Å². The van der Waals surface area contributed by atoms with Crippen molar-refractivity contribution in [3.63, 3.8) is 0 Å². The molecule has 1 atom stereocenters. The van der Waals surface area contributed by atoms with E-state index in [9.17, 15) is 0 Å². The number of thiophene rings is 1. The van der Waals surface area contributed by atoms with Crippen molar-refractivity contribution in [3.8, 4) is 10.7 Å². The maximum absolute atomic E-state index is 5.55. The Morgan fingerprint density at radius 1 is 1.29 bits per heavy atom. The molecule has 0 bridgehead atoms. The van der Waals surface area contributed by atoms with Crippen LogP contribution in [0.2, 0.25) is 0 Å². The maximum atomic E-state index is 5.55. The molecule has 1 fully saturated rings. The minimum Gasteiger partial charge on any atom is -0.361 e. The molecule has 4 rings (SSSR count). The third kappa shape index (κ3) is 3.01. The Balaban J connectivity index is 1.47. The molecule has 0 aromatic carbocycles. The highest BCUT2D eigenvalue weighted by atomic mass is 32.1. The van der Waals surface area contributed by atoms with Crippen molar-refractivity contribution < 1.29 is 9.05 Å². The van der Waals surface area contributed by atoms with E-state index in [0.29, 0.717) is 11.7 Å². The lowest BCUT2D eigenvalue weighted by Gasteiger charge is -2.30. The van der Waals surface area contributed by atoms with Crippen LogP contribution in [0.5, 0.6) is 0 Å². The normalized spacial score (nSPS) is 19.0. The van der Waals surface area contributed by atoms with Gasteiger partial charge in [0.1, 0.15) is 5.76 Å². The van der Waals surface area contributed by atoms with Crippen LogP contribution in [0.25, 0.3) is 10.7 Å². The number of nitrogens with zero attached hydrogens (tertiary/aromatic N) is 4. The largest absolute Gasteiger partial charge is 0.361 e. The van der Waals surface area contributed by atoms with E-state index >= 15 is 0 Å². The monoisotopic (exact) mass is 344 g/mol. The first-order chi connectivity index (χ1) is 11.7. The Hall–Kier alpha value is -1.99.